The smallest absolute Gasteiger partial charge is 0.335 e. The number of rotatable bonds is 16. The summed E-state index contributed by atoms with van der Waals surface area (Å²) in [5, 5.41) is 14.5. The largest absolute Gasteiger partial charge is 0.484 e. The van der Waals surface area contributed by atoms with Gasteiger partial charge in [0.1, 0.15) is 5.75 Å². The van der Waals surface area contributed by atoms with Crippen molar-refractivity contribution >= 4 is 35.7 Å². The Bertz CT molecular complexity index is 1450. The Balaban J connectivity index is 1.36. The van der Waals surface area contributed by atoms with E-state index in [4.69, 9.17) is 28.4 Å². The number of carbonyl (C=O) groups is 6. The van der Waals surface area contributed by atoms with E-state index >= 15 is 0 Å². The predicted octanol–water partition coefficient (Wildman–Crippen LogP) is 2.00. The zero-order valence-electron chi connectivity index (χ0n) is 27.1. The molecule has 0 unspecified atom stereocenters. The minimum absolute atomic E-state index is 0.0252. The lowest BCUT2D eigenvalue weighted by atomic mass is 9.99. The molecule has 1 saturated heterocycles. The molecular weight excluding hydrogens is 632 g/mol. The van der Waals surface area contributed by atoms with Gasteiger partial charge < -0.3 is 44.2 Å². The van der Waals surface area contributed by atoms with Gasteiger partial charge in [0.15, 0.2) is 31.2 Å². The van der Waals surface area contributed by atoms with Crippen molar-refractivity contribution in [1.29, 1.82) is 0 Å². The lowest BCUT2D eigenvalue weighted by Crippen LogP contribution is -2.61. The topological polar surface area (TPSA) is 202 Å². The number of amides is 2. The third kappa shape index (κ3) is 12.0. The van der Waals surface area contributed by atoms with E-state index in [1.54, 1.807) is 49.4 Å². The highest BCUT2D eigenvalue weighted by molar-refractivity contribution is 5.89. The second-order valence-electron chi connectivity index (χ2n) is 10.8. The molecule has 2 aromatic carbocycles. The van der Waals surface area contributed by atoms with Crippen LogP contribution in [0.5, 0.6) is 5.75 Å². The molecule has 15 heteroatoms. The van der Waals surface area contributed by atoms with Gasteiger partial charge in [-0.25, -0.2) is 4.79 Å². The van der Waals surface area contributed by atoms with Crippen LogP contribution in [0.1, 0.15) is 50.9 Å². The van der Waals surface area contributed by atoms with Gasteiger partial charge >= 0.3 is 23.9 Å². The van der Waals surface area contributed by atoms with E-state index in [2.05, 4.69) is 10.6 Å². The maximum Gasteiger partial charge on any atom is 0.335 e. The number of aromatic carboxylic acids is 1. The zero-order valence-corrected chi connectivity index (χ0v) is 27.1. The maximum atomic E-state index is 12.3. The van der Waals surface area contributed by atoms with E-state index < -0.39 is 54.6 Å². The summed E-state index contributed by atoms with van der Waals surface area (Å²) in [7, 11) is 0. The quantitative estimate of drug-likeness (QED) is 0.133. The fourth-order valence-electron chi connectivity index (χ4n) is 4.80. The van der Waals surface area contributed by atoms with Crippen LogP contribution in [0, 0.1) is 0 Å². The minimum atomic E-state index is -1.23. The first-order chi connectivity index (χ1) is 22.8. The molecule has 1 aliphatic rings. The third-order valence-electron chi connectivity index (χ3n) is 6.90. The molecule has 1 heterocycles. The van der Waals surface area contributed by atoms with E-state index in [-0.39, 0.29) is 56.5 Å². The van der Waals surface area contributed by atoms with Crippen molar-refractivity contribution in [1.82, 2.24) is 10.6 Å². The first-order valence-corrected chi connectivity index (χ1v) is 15.2. The normalized spacial score (nSPS) is 20.1. The first kappa shape index (κ1) is 37.4. The summed E-state index contributed by atoms with van der Waals surface area (Å²) in [6.45, 7) is 5.23. The van der Waals surface area contributed by atoms with E-state index in [0.717, 1.165) is 25.0 Å². The standard InChI is InChI=1S/C33H40N2O13/c1-19-29(46-20(2)36)30(47-21(3)37)31(48-22(4)38)33(45-19)43-16-6-9-27(39)34-14-15-35-28(40)18-44-26-12-10-23(11-13-26)24-7-5-8-25(17-24)32(41)42/h5,7-8,10-13,17,19,29-31,33H,6,9,14-16,18H2,1-4H3,(H,34,39)(H,35,40)(H,41,42)/t19-,29-,30+,31+,33+/m0/s1. The van der Waals surface area contributed by atoms with Crippen LogP contribution in [0.25, 0.3) is 11.1 Å². The highest BCUT2D eigenvalue weighted by atomic mass is 16.7. The van der Waals surface area contributed by atoms with Gasteiger partial charge in [-0.2, -0.15) is 0 Å². The van der Waals surface area contributed by atoms with Crippen molar-refractivity contribution in [2.45, 2.75) is 71.2 Å². The van der Waals surface area contributed by atoms with Crippen molar-refractivity contribution in [3.63, 3.8) is 0 Å². The van der Waals surface area contributed by atoms with E-state index in [1.807, 2.05) is 0 Å². The number of carboxylic acids is 1. The average Bonchev–Trinajstić information content (AvgIpc) is 3.03. The summed E-state index contributed by atoms with van der Waals surface area (Å²) >= 11 is 0. The van der Waals surface area contributed by atoms with Gasteiger partial charge in [-0.15, -0.1) is 0 Å². The van der Waals surface area contributed by atoms with Crippen LogP contribution in [-0.2, 0) is 47.7 Å². The number of hydrogen-bond acceptors (Lipinski definition) is 12. The van der Waals surface area contributed by atoms with E-state index in [0.29, 0.717) is 5.75 Å². The van der Waals surface area contributed by atoms with Crippen LogP contribution >= 0.6 is 0 Å². The molecule has 0 spiro atoms. The molecule has 260 valence electrons. The molecule has 3 rings (SSSR count). The van der Waals surface area contributed by atoms with Gasteiger partial charge in [-0.05, 0) is 48.7 Å². The number of benzene rings is 2. The van der Waals surface area contributed by atoms with Gasteiger partial charge in [-0.1, -0.05) is 24.3 Å². The third-order valence-corrected chi connectivity index (χ3v) is 6.90. The van der Waals surface area contributed by atoms with Gasteiger partial charge in [0, 0.05) is 40.3 Å². The fourth-order valence-corrected chi connectivity index (χ4v) is 4.80. The zero-order chi connectivity index (χ0) is 35.2. The molecule has 1 aliphatic heterocycles. The lowest BCUT2D eigenvalue weighted by Gasteiger charge is -2.43. The van der Waals surface area contributed by atoms with Crippen molar-refractivity contribution < 1.29 is 62.3 Å². The number of hydrogen-bond donors (Lipinski definition) is 3. The molecule has 2 aromatic rings. The van der Waals surface area contributed by atoms with Gasteiger partial charge in [0.2, 0.25) is 5.91 Å². The minimum Gasteiger partial charge on any atom is -0.484 e. The summed E-state index contributed by atoms with van der Waals surface area (Å²) in [4.78, 5) is 70.8. The number of ether oxygens (including phenoxy) is 6. The van der Waals surface area contributed by atoms with Crippen molar-refractivity contribution in [3.8, 4) is 16.9 Å². The van der Waals surface area contributed by atoms with Crippen molar-refractivity contribution in [2.75, 3.05) is 26.3 Å². The van der Waals surface area contributed by atoms with Crippen molar-refractivity contribution in [2.24, 2.45) is 0 Å². The molecule has 0 aromatic heterocycles. The maximum absolute atomic E-state index is 12.3. The summed E-state index contributed by atoms with van der Waals surface area (Å²) < 4.78 is 32.9. The van der Waals surface area contributed by atoms with Crippen LogP contribution in [0.2, 0.25) is 0 Å². The predicted molar refractivity (Wildman–Crippen MR) is 167 cm³/mol. The molecular formula is C33H40N2O13. The number of nitrogens with one attached hydrogen (secondary N) is 2. The summed E-state index contributed by atoms with van der Waals surface area (Å²) in [5.74, 6) is -3.25. The Morgan fingerprint density at radius 3 is 2.00 bits per heavy atom. The Morgan fingerprint density at radius 1 is 0.771 bits per heavy atom. The molecule has 5 atom stereocenters. The molecule has 3 N–H and O–H groups in total. The Labute approximate surface area is 277 Å². The van der Waals surface area contributed by atoms with Crippen molar-refractivity contribution in [3.05, 3.63) is 54.1 Å². The summed E-state index contributed by atoms with van der Waals surface area (Å²) in [6, 6.07) is 13.4. The van der Waals surface area contributed by atoms with Gasteiger partial charge in [0.05, 0.1) is 18.3 Å². The molecule has 15 nitrogen and oxygen atoms in total. The lowest BCUT2D eigenvalue weighted by molar-refractivity contribution is -0.300. The molecule has 0 radical (unpaired) electrons. The molecule has 1 fully saturated rings. The molecule has 48 heavy (non-hydrogen) atoms. The van der Waals surface area contributed by atoms with Gasteiger partial charge in [-0.3, -0.25) is 24.0 Å². The second-order valence-corrected chi connectivity index (χ2v) is 10.8. The van der Waals surface area contributed by atoms with Gasteiger partial charge in [0.25, 0.3) is 5.91 Å². The monoisotopic (exact) mass is 672 g/mol. The number of esters is 3. The van der Waals surface area contributed by atoms with Crippen LogP contribution in [0.3, 0.4) is 0 Å². The summed E-state index contributed by atoms with van der Waals surface area (Å²) in [6.07, 6.45) is -5.03. The Morgan fingerprint density at radius 2 is 1.38 bits per heavy atom. The van der Waals surface area contributed by atoms with Crippen LogP contribution in [0.4, 0.5) is 0 Å². The number of carbonyl (C=O) groups excluding carboxylic acids is 5. The van der Waals surface area contributed by atoms with E-state index in [1.165, 1.54) is 13.0 Å². The second kappa shape index (κ2) is 18.4. The van der Waals surface area contributed by atoms with Crippen LogP contribution in [-0.4, -0.2) is 97.8 Å². The average molecular weight is 673 g/mol. The highest BCUT2D eigenvalue weighted by Gasteiger charge is 2.50. The van der Waals surface area contributed by atoms with Crippen LogP contribution in [0.15, 0.2) is 48.5 Å². The molecule has 0 aliphatic carbocycles. The molecule has 0 saturated carbocycles. The number of carboxylic acid groups (broad SMARTS) is 1. The first-order valence-electron chi connectivity index (χ1n) is 15.2. The Hall–Kier alpha value is -5.02. The SMILES string of the molecule is CC(=O)O[C@@H]1[C@@H](OC(C)=O)[C@H](C)O[C@@H](OCCCC(=O)NCCNC(=O)COc2ccc(-c3cccc(C(=O)O)c3)cc2)[C@@H]1OC(C)=O. The summed E-state index contributed by atoms with van der Waals surface area (Å²) in [5.41, 5.74) is 1.71. The van der Waals surface area contributed by atoms with Crippen LogP contribution < -0.4 is 15.4 Å². The molecule has 2 amide bonds. The highest BCUT2D eigenvalue weighted by Crippen LogP contribution is 2.29. The Kier molecular flexibility index (Phi) is 14.3. The van der Waals surface area contributed by atoms with E-state index in [9.17, 15) is 33.9 Å². The fraction of sp³-hybridized carbons (Fsp3) is 0.455. The molecule has 0 bridgehead atoms.